The molecule has 2 atom stereocenters. The Morgan fingerprint density at radius 2 is 1.97 bits per heavy atom. The predicted molar refractivity (Wildman–Crippen MR) is 120 cm³/mol. The lowest BCUT2D eigenvalue weighted by molar-refractivity contribution is -0.136. The van der Waals surface area contributed by atoms with E-state index in [-0.39, 0.29) is 37.3 Å². The van der Waals surface area contributed by atoms with Crippen molar-refractivity contribution in [1.82, 2.24) is 15.5 Å². The van der Waals surface area contributed by atoms with Gasteiger partial charge >= 0.3 is 6.09 Å². The van der Waals surface area contributed by atoms with Crippen LogP contribution in [0.25, 0.3) is 0 Å². The molecule has 0 bridgehead atoms. The number of piperidine rings is 1. The summed E-state index contributed by atoms with van der Waals surface area (Å²) in [5.74, 6) is -0.849. The van der Waals surface area contributed by atoms with Crippen LogP contribution in [0, 0.1) is 0 Å². The Hall–Kier alpha value is -3.68. The number of hydrogen-bond acceptors (Lipinski definition) is 5. The number of nitrogens with one attached hydrogen (secondary N) is 2. The maximum atomic E-state index is 12.9. The van der Waals surface area contributed by atoms with Gasteiger partial charge in [0, 0.05) is 31.0 Å². The van der Waals surface area contributed by atoms with Gasteiger partial charge in [0.15, 0.2) is 0 Å². The molecule has 0 radical (unpaired) electrons. The minimum absolute atomic E-state index is 0.132. The third-order valence-electron chi connectivity index (χ3n) is 6.21. The number of benzene rings is 2. The number of amides is 4. The number of fused-ring (bicyclic) bond motifs is 1. The number of imide groups is 1. The van der Waals surface area contributed by atoms with Crippen molar-refractivity contribution in [2.24, 2.45) is 0 Å². The number of nitrogens with zero attached hydrogens (tertiary/aromatic N) is 1. The summed E-state index contributed by atoms with van der Waals surface area (Å²) in [4.78, 5) is 50.2. The molecule has 1 saturated heterocycles. The molecule has 2 N–H and O–H groups in total. The molecule has 2 aromatic rings. The summed E-state index contributed by atoms with van der Waals surface area (Å²) in [5.41, 5.74) is 3.23. The molecule has 2 aromatic carbocycles. The van der Waals surface area contributed by atoms with E-state index in [4.69, 9.17) is 4.74 Å². The van der Waals surface area contributed by atoms with Gasteiger partial charge < -0.3 is 15.0 Å². The SMILES string of the molecule is CCC(COC(=O)NCc1ccc2c(c1)C(=O)N(C1CCC(=O)NC1=O)C2)c1ccccc1. The maximum Gasteiger partial charge on any atom is 0.407 e. The van der Waals surface area contributed by atoms with Crippen molar-refractivity contribution in [2.75, 3.05) is 6.61 Å². The zero-order chi connectivity index (χ0) is 23.4. The van der Waals surface area contributed by atoms with Gasteiger partial charge in [-0.25, -0.2) is 4.79 Å². The fourth-order valence-corrected chi connectivity index (χ4v) is 4.29. The van der Waals surface area contributed by atoms with Crippen molar-refractivity contribution in [1.29, 1.82) is 0 Å². The lowest BCUT2D eigenvalue weighted by Gasteiger charge is -2.29. The molecule has 4 rings (SSSR count). The predicted octanol–water partition coefficient (Wildman–Crippen LogP) is 2.87. The quantitative estimate of drug-likeness (QED) is 0.633. The van der Waals surface area contributed by atoms with Gasteiger partial charge in [-0.05, 0) is 35.6 Å². The van der Waals surface area contributed by atoms with Gasteiger partial charge in [-0.15, -0.1) is 0 Å². The Kier molecular flexibility index (Phi) is 6.72. The minimum atomic E-state index is -0.643. The van der Waals surface area contributed by atoms with Crippen molar-refractivity contribution < 1.29 is 23.9 Å². The molecule has 33 heavy (non-hydrogen) atoms. The molecule has 8 nitrogen and oxygen atoms in total. The Morgan fingerprint density at radius 1 is 1.18 bits per heavy atom. The number of ether oxygens (including phenoxy) is 1. The molecule has 0 saturated carbocycles. The first-order chi connectivity index (χ1) is 16.0. The number of hydrogen-bond donors (Lipinski definition) is 2. The Balaban J connectivity index is 1.32. The summed E-state index contributed by atoms with van der Waals surface area (Å²) in [6, 6.07) is 14.7. The zero-order valence-corrected chi connectivity index (χ0v) is 18.5. The second-order valence-corrected chi connectivity index (χ2v) is 8.36. The molecular formula is C25H27N3O5. The third kappa shape index (κ3) is 5.05. The monoisotopic (exact) mass is 449 g/mol. The van der Waals surface area contributed by atoms with E-state index in [9.17, 15) is 19.2 Å². The van der Waals surface area contributed by atoms with Crippen LogP contribution in [0.1, 0.15) is 59.2 Å². The van der Waals surface area contributed by atoms with E-state index in [1.165, 1.54) is 4.90 Å². The highest BCUT2D eigenvalue weighted by Crippen LogP contribution is 2.28. The van der Waals surface area contributed by atoms with E-state index >= 15 is 0 Å². The number of carbonyl (C=O) groups is 4. The van der Waals surface area contributed by atoms with Crippen LogP contribution >= 0.6 is 0 Å². The van der Waals surface area contributed by atoms with E-state index in [2.05, 4.69) is 17.6 Å². The molecule has 0 aromatic heterocycles. The van der Waals surface area contributed by atoms with E-state index < -0.39 is 18.0 Å². The van der Waals surface area contributed by atoms with Crippen LogP contribution in [0.4, 0.5) is 4.79 Å². The number of rotatable bonds is 7. The largest absolute Gasteiger partial charge is 0.449 e. The first-order valence-electron chi connectivity index (χ1n) is 11.2. The summed E-state index contributed by atoms with van der Waals surface area (Å²) in [7, 11) is 0. The average molecular weight is 450 g/mol. The van der Waals surface area contributed by atoms with Crippen molar-refractivity contribution in [3.63, 3.8) is 0 Å². The molecule has 172 valence electrons. The van der Waals surface area contributed by atoms with Crippen molar-refractivity contribution in [2.45, 2.75) is 51.2 Å². The molecule has 0 aliphatic carbocycles. The molecule has 1 fully saturated rings. The molecule has 8 heteroatoms. The van der Waals surface area contributed by atoms with Gasteiger partial charge in [0.2, 0.25) is 11.8 Å². The van der Waals surface area contributed by atoms with Crippen LogP contribution in [-0.2, 0) is 27.4 Å². The van der Waals surface area contributed by atoms with Crippen LogP contribution in [0.2, 0.25) is 0 Å². The molecule has 0 spiro atoms. The number of alkyl carbamates (subject to hydrolysis) is 1. The summed E-state index contributed by atoms with van der Waals surface area (Å²) in [6.45, 7) is 2.89. The molecular weight excluding hydrogens is 422 g/mol. The highest BCUT2D eigenvalue weighted by Gasteiger charge is 2.39. The van der Waals surface area contributed by atoms with Crippen LogP contribution in [-0.4, -0.2) is 41.4 Å². The standard InChI is InChI=1S/C25H27N3O5/c1-2-17(18-6-4-3-5-7-18)15-33-25(32)26-13-16-8-9-19-14-28(24(31)20(19)12-16)21-10-11-22(29)27-23(21)30/h3-9,12,17,21H,2,10-11,13-15H2,1H3,(H,26,32)(H,27,29,30). The molecule has 2 unspecified atom stereocenters. The molecule has 2 heterocycles. The summed E-state index contributed by atoms with van der Waals surface area (Å²) < 4.78 is 5.40. The van der Waals surface area contributed by atoms with E-state index in [1.807, 2.05) is 42.5 Å². The van der Waals surface area contributed by atoms with Gasteiger partial charge in [0.1, 0.15) is 12.6 Å². The summed E-state index contributed by atoms with van der Waals surface area (Å²) >= 11 is 0. The van der Waals surface area contributed by atoms with Crippen LogP contribution in [0.3, 0.4) is 0 Å². The lowest BCUT2D eigenvalue weighted by atomic mass is 9.98. The van der Waals surface area contributed by atoms with E-state index in [1.54, 1.807) is 6.07 Å². The van der Waals surface area contributed by atoms with E-state index in [0.717, 1.165) is 23.1 Å². The van der Waals surface area contributed by atoms with Crippen molar-refractivity contribution in [3.05, 3.63) is 70.8 Å². The minimum Gasteiger partial charge on any atom is -0.449 e. The highest BCUT2D eigenvalue weighted by atomic mass is 16.5. The maximum absolute atomic E-state index is 12.9. The summed E-state index contributed by atoms with van der Waals surface area (Å²) in [6.07, 6.45) is 0.887. The third-order valence-corrected chi connectivity index (χ3v) is 6.21. The molecule has 2 aliphatic rings. The van der Waals surface area contributed by atoms with E-state index in [0.29, 0.717) is 18.5 Å². The Bertz CT molecular complexity index is 1070. The van der Waals surface area contributed by atoms with Crippen LogP contribution in [0.15, 0.2) is 48.5 Å². The smallest absolute Gasteiger partial charge is 0.407 e. The average Bonchev–Trinajstić information content (AvgIpc) is 3.14. The Morgan fingerprint density at radius 3 is 2.70 bits per heavy atom. The van der Waals surface area contributed by atoms with Crippen LogP contribution in [0.5, 0.6) is 0 Å². The van der Waals surface area contributed by atoms with Crippen molar-refractivity contribution >= 4 is 23.8 Å². The Labute approximate surface area is 192 Å². The topological polar surface area (TPSA) is 105 Å². The van der Waals surface area contributed by atoms with Gasteiger partial charge in [0.05, 0.1) is 0 Å². The molecule has 4 amide bonds. The first-order valence-corrected chi connectivity index (χ1v) is 11.2. The summed E-state index contributed by atoms with van der Waals surface area (Å²) in [5, 5.41) is 5.03. The fraction of sp³-hybridized carbons (Fsp3) is 0.360. The van der Waals surface area contributed by atoms with Gasteiger partial charge in [-0.2, -0.15) is 0 Å². The second kappa shape index (κ2) is 9.85. The zero-order valence-electron chi connectivity index (χ0n) is 18.5. The van der Waals surface area contributed by atoms with Crippen LogP contribution < -0.4 is 10.6 Å². The van der Waals surface area contributed by atoms with Gasteiger partial charge in [-0.3, -0.25) is 19.7 Å². The van der Waals surface area contributed by atoms with Crippen molar-refractivity contribution in [3.8, 4) is 0 Å². The normalized spacial score (nSPS) is 18.5. The number of carbonyl (C=O) groups excluding carboxylic acids is 4. The van der Waals surface area contributed by atoms with Gasteiger partial charge in [-0.1, -0.05) is 49.4 Å². The lowest BCUT2D eigenvalue weighted by Crippen LogP contribution is -2.52. The first kappa shape index (κ1) is 22.5. The molecule has 2 aliphatic heterocycles. The second-order valence-electron chi connectivity index (χ2n) is 8.36. The highest BCUT2D eigenvalue weighted by molar-refractivity contribution is 6.05. The van der Waals surface area contributed by atoms with Gasteiger partial charge in [0.25, 0.3) is 5.91 Å². The fourth-order valence-electron chi connectivity index (χ4n) is 4.29.